The molecule has 76 valence electrons. The van der Waals surface area contributed by atoms with Crippen LogP contribution in [0, 0.1) is 0 Å². The van der Waals surface area contributed by atoms with Crippen molar-refractivity contribution in [1.29, 1.82) is 0 Å². The van der Waals surface area contributed by atoms with Gasteiger partial charge in [0.15, 0.2) is 0 Å². The van der Waals surface area contributed by atoms with E-state index < -0.39 is 0 Å². The summed E-state index contributed by atoms with van der Waals surface area (Å²) in [5.41, 5.74) is 0.350. The van der Waals surface area contributed by atoms with E-state index in [1.807, 2.05) is 16.0 Å². The molecule has 0 heterocycles. The number of carbonyl (C=O) groups excluding carboxylic acids is 1. The van der Waals surface area contributed by atoms with E-state index in [4.69, 9.17) is 21.1 Å². The zero-order valence-corrected chi connectivity index (χ0v) is 10.3. The van der Waals surface area contributed by atoms with Crippen LogP contribution in [0.2, 0.25) is 5.02 Å². The van der Waals surface area contributed by atoms with Crippen molar-refractivity contribution in [3.05, 3.63) is 22.7 Å². The number of methoxy groups -OCH3 is 2. The molecule has 0 spiro atoms. The quantitative estimate of drug-likeness (QED) is 0.785. The molecular formula is C9H9ClO3Se. The number of carbonyl (C=O) groups is 1. The topological polar surface area (TPSA) is 35.5 Å². The second-order valence-corrected chi connectivity index (χ2v) is 3.72. The van der Waals surface area contributed by atoms with E-state index in [-0.39, 0.29) is 4.68 Å². The fourth-order valence-corrected chi connectivity index (χ4v) is 1.79. The molecule has 0 aliphatic carbocycles. The molecule has 3 nitrogen and oxygen atoms in total. The van der Waals surface area contributed by atoms with E-state index in [0.29, 0.717) is 22.1 Å². The van der Waals surface area contributed by atoms with Crippen molar-refractivity contribution in [2.24, 2.45) is 0 Å². The van der Waals surface area contributed by atoms with Crippen LogP contribution < -0.4 is 9.47 Å². The average molecular weight is 280 g/mol. The first kappa shape index (κ1) is 11.4. The third-order valence-corrected chi connectivity index (χ3v) is 2.48. The van der Waals surface area contributed by atoms with Gasteiger partial charge in [-0.2, -0.15) is 0 Å². The Hall–Kier alpha value is -0.701. The molecule has 0 fully saturated rings. The van der Waals surface area contributed by atoms with Crippen molar-refractivity contribution in [2.75, 3.05) is 14.2 Å². The molecule has 0 N–H and O–H groups in total. The summed E-state index contributed by atoms with van der Waals surface area (Å²) in [6.07, 6.45) is 0. The average Bonchev–Trinajstić information content (AvgIpc) is 2.17. The van der Waals surface area contributed by atoms with Crippen LogP contribution in [-0.2, 0) is 0 Å². The van der Waals surface area contributed by atoms with E-state index in [0.717, 1.165) is 0 Å². The molecule has 0 aliphatic heterocycles. The molecule has 1 rings (SSSR count). The van der Waals surface area contributed by atoms with Crippen LogP contribution in [-0.4, -0.2) is 34.9 Å². The standard InChI is InChI=1S/C9H9ClO3Se/c1-12-6-4-3-5(10)8(13-2)7(6)9(11)14/h3-4H,1-2H3,(H,11,14). The Bertz CT molecular complexity index is 365. The van der Waals surface area contributed by atoms with Crippen LogP contribution in [0.5, 0.6) is 11.5 Å². The van der Waals surface area contributed by atoms with Gasteiger partial charge in [0.05, 0.1) is 0 Å². The van der Waals surface area contributed by atoms with Crippen molar-refractivity contribution < 1.29 is 14.3 Å². The number of rotatable bonds is 3. The third kappa shape index (κ3) is 2.03. The number of hydrogen-bond acceptors (Lipinski definition) is 3. The molecule has 0 radical (unpaired) electrons. The minimum absolute atomic E-state index is 0.200. The molecular weight excluding hydrogens is 271 g/mol. The summed E-state index contributed by atoms with van der Waals surface area (Å²) in [5, 5.41) is 0.391. The van der Waals surface area contributed by atoms with Gasteiger partial charge in [0.2, 0.25) is 0 Å². The molecule has 0 saturated heterocycles. The zero-order chi connectivity index (χ0) is 10.7. The predicted molar refractivity (Wildman–Crippen MR) is 56.0 cm³/mol. The molecule has 1 aromatic carbocycles. The van der Waals surface area contributed by atoms with Crippen LogP contribution in [0.25, 0.3) is 0 Å². The fraction of sp³-hybridized carbons (Fsp3) is 0.222. The third-order valence-electron chi connectivity index (χ3n) is 1.71. The monoisotopic (exact) mass is 280 g/mol. The van der Waals surface area contributed by atoms with Crippen LogP contribution in [0.3, 0.4) is 0 Å². The second kappa shape index (κ2) is 4.69. The van der Waals surface area contributed by atoms with E-state index in [1.54, 1.807) is 12.1 Å². The van der Waals surface area contributed by atoms with E-state index in [2.05, 4.69) is 0 Å². The van der Waals surface area contributed by atoms with E-state index in [9.17, 15) is 4.79 Å². The Morgan fingerprint density at radius 1 is 1.36 bits per heavy atom. The van der Waals surface area contributed by atoms with Gasteiger partial charge in [0, 0.05) is 0 Å². The van der Waals surface area contributed by atoms with Gasteiger partial charge in [-0.15, -0.1) is 0 Å². The maximum atomic E-state index is 11.3. The molecule has 0 unspecified atom stereocenters. The molecule has 0 amide bonds. The van der Waals surface area contributed by atoms with Crippen molar-refractivity contribution in [3.63, 3.8) is 0 Å². The molecule has 0 atom stereocenters. The molecule has 0 bridgehead atoms. The van der Waals surface area contributed by atoms with Crippen molar-refractivity contribution in [3.8, 4) is 11.5 Å². The summed E-state index contributed by atoms with van der Waals surface area (Å²) in [6, 6.07) is 3.25. The van der Waals surface area contributed by atoms with Crippen LogP contribution in [0.1, 0.15) is 10.4 Å². The summed E-state index contributed by atoms with van der Waals surface area (Å²) >= 11 is 7.77. The summed E-state index contributed by atoms with van der Waals surface area (Å²) in [4.78, 5) is 11.3. The Kier molecular flexibility index (Phi) is 3.81. The van der Waals surface area contributed by atoms with Gasteiger partial charge >= 0.3 is 95.0 Å². The van der Waals surface area contributed by atoms with Crippen molar-refractivity contribution >= 4 is 32.3 Å². The molecule has 5 heteroatoms. The van der Waals surface area contributed by atoms with Gasteiger partial charge < -0.3 is 0 Å². The first-order valence-corrected chi connectivity index (χ1v) is 5.07. The number of halogens is 1. The van der Waals surface area contributed by atoms with Crippen molar-refractivity contribution in [2.45, 2.75) is 0 Å². The minimum atomic E-state index is -0.200. The second-order valence-electron chi connectivity index (χ2n) is 2.46. The summed E-state index contributed by atoms with van der Waals surface area (Å²) in [6.45, 7) is 0. The Labute approximate surface area is 95.2 Å². The molecule has 14 heavy (non-hydrogen) atoms. The van der Waals surface area contributed by atoms with Gasteiger partial charge in [0.1, 0.15) is 0 Å². The van der Waals surface area contributed by atoms with E-state index in [1.165, 1.54) is 14.2 Å². The first-order chi connectivity index (χ1) is 6.61. The maximum absolute atomic E-state index is 11.3. The SMILES string of the molecule is COc1ccc(Cl)c(OC)c1C(=O)[SeH]. The fourth-order valence-electron chi connectivity index (χ4n) is 1.11. The van der Waals surface area contributed by atoms with E-state index >= 15 is 0 Å². The van der Waals surface area contributed by atoms with Gasteiger partial charge in [-0.25, -0.2) is 0 Å². The zero-order valence-electron chi connectivity index (χ0n) is 7.70. The molecule has 0 aliphatic rings. The first-order valence-electron chi connectivity index (χ1n) is 3.75. The molecule has 1 aromatic rings. The Balaban J connectivity index is 3.43. The van der Waals surface area contributed by atoms with Gasteiger partial charge in [0.25, 0.3) is 0 Å². The van der Waals surface area contributed by atoms with Crippen LogP contribution in [0.15, 0.2) is 12.1 Å². The van der Waals surface area contributed by atoms with Crippen molar-refractivity contribution in [1.82, 2.24) is 0 Å². The van der Waals surface area contributed by atoms with Crippen LogP contribution in [0.4, 0.5) is 0 Å². The van der Waals surface area contributed by atoms with Gasteiger partial charge in [-0.05, 0) is 0 Å². The molecule has 0 aromatic heterocycles. The Morgan fingerprint density at radius 3 is 2.43 bits per heavy atom. The summed E-state index contributed by atoms with van der Waals surface area (Å²) < 4.78 is 9.87. The van der Waals surface area contributed by atoms with Gasteiger partial charge in [-0.1, -0.05) is 0 Å². The Morgan fingerprint density at radius 2 is 2.00 bits per heavy atom. The predicted octanol–water partition coefficient (Wildman–Crippen LogP) is 1.40. The van der Waals surface area contributed by atoms with Crippen LogP contribution >= 0.6 is 11.6 Å². The number of ether oxygens (including phenoxy) is 2. The van der Waals surface area contributed by atoms with Gasteiger partial charge in [-0.3, -0.25) is 0 Å². The number of hydrogen-bond donors (Lipinski definition) is 0. The molecule has 0 saturated carbocycles. The summed E-state index contributed by atoms with van der Waals surface area (Å²) in [7, 11) is 2.95. The summed E-state index contributed by atoms with van der Waals surface area (Å²) in [5.74, 6) is 0.800. The number of benzene rings is 1. The normalized spacial score (nSPS) is 9.71.